The fourth-order valence-corrected chi connectivity index (χ4v) is 7.39. The second-order valence-corrected chi connectivity index (χ2v) is 8.49. The average Bonchev–Trinajstić information content (AvgIpc) is 2.98. The van der Waals surface area contributed by atoms with Gasteiger partial charge in [-0.3, -0.25) is 0 Å². The van der Waals surface area contributed by atoms with E-state index in [1.54, 1.807) is 7.11 Å². The summed E-state index contributed by atoms with van der Waals surface area (Å²) in [5.74, 6) is 1.92. The topological polar surface area (TPSA) is 39.7 Å². The third kappa shape index (κ3) is 1.18. The molecule has 2 spiro atoms. The normalized spacial score (nSPS) is 46.4. The van der Waals surface area contributed by atoms with E-state index >= 15 is 0 Å². The molecule has 4 nitrogen and oxygen atoms in total. The van der Waals surface area contributed by atoms with Crippen LogP contribution in [0.4, 0.5) is 0 Å². The van der Waals surface area contributed by atoms with E-state index in [4.69, 9.17) is 14.2 Å². The number of rotatable bonds is 2. The summed E-state index contributed by atoms with van der Waals surface area (Å²) >= 11 is 0. The molecule has 4 aliphatic carbocycles. The number of methoxy groups -OCH3 is 2. The van der Waals surface area contributed by atoms with Crippen LogP contribution in [0, 0.1) is 5.41 Å². The van der Waals surface area contributed by atoms with Crippen LogP contribution >= 0.6 is 0 Å². The second-order valence-electron chi connectivity index (χ2n) is 8.49. The highest BCUT2D eigenvalue weighted by atomic mass is 16.6. The molecule has 0 radical (unpaired) electrons. The van der Waals surface area contributed by atoms with Crippen molar-refractivity contribution < 1.29 is 14.2 Å². The molecule has 6 aliphatic rings. The Hall–Kier alpha value is -1.26. The zero-order chi connectivity index (χ0) is 16.2. The molecule has 3 atom stereocenters. The van der Waals surface area contributed by atoms with Crippen molar-refractivity contribution >= 4 is 0 Å². The Bertz CT molecular complexity index is 737. The van der Waals surface area contributed by atoms with Crippen LogP contribution in [0.25, 0.3) is 0 Å². The van der Waals surface area contributed by atoms with Crippen molar-refractivity contribution in [2.75, 3.05) is 20.8 Å². The van der Waals surface area contributed by atoms with Gasteiger partial charge in [-0.15, -0.1) is 0 Å². The summed E-state index contributed by atoms with van der Waals surface area (Å²) in [5.41, 5.74) is 3.27. The molecular formula is C20H25NO3. The summed E-state index contributed by atoms with van der Waals surface area (Å²) in [5, 5.41) is 3.88. The van der Waals surface area contributed by atoms with Crippen molar-refractivity contribution in [1.29, 1.82) is 0 Å². The number of ether oxygens (including phenoxy) is 3. The number of benzene rings is 1. The van der Waals surface area contributed by atoms with Gasteiger partial charge in [0.15, 0.2) is 11.5 Å². The standard InChI is InChI=1S/C20H25NO3/c1-22-13-4-3-12-11-14-18-5-7-19(23-2,8-6-18)17-20(18,9-10-21-14)15(12)16(13)24-17/h3-4,14,17,21H,5-11H2,1-2H3. The Balaban J connectivity index is 1.70. The summed E-state index contributed by atoms with van der Waals surface area (Å²) in [7, 11) is 3.65. The van der Waals surface area contributed by atoms with Crippen molar-refractivity contribution in [1.82, 2.24) is 5.32 Å². The zero-order valence-electron chi connectivity index (χ0n) is 14.5. The molecule has 128 valence electrons. The minimum absolute atomic E-state index is 0.118. The third-order valence-electron chi connectivity index (χ3n) is 8.32. The van der Waals surface area contributed by atoms with Crippen LogP contribution in [0.15, 0.2) is 12.1 Å². The van der Waals surface area contributed by atoms with Crippen LogP contribution in [-0.2, 0) is 16.6 Å². The van der Waals surface area contributed by atoms with Gasteiger partial charge in [-0.2, -0.15) is 0 Å². The molecule has 4 bridgehead atoms. The van der Waals surface area contributed by atoms with Gasteiger partial charge in [-0.1, -0.05) is 6.07 Å². The molecule has 2 aliphatic heterocycles. The van der Waals surface area contributed by atoms with Crippen molar-refractivity contribution in [2.45, 2.75) is 61.7 Å². The van der Waals surface area contributed by atoms with Gasteiger partial charge in [0.1, 0.15) is 11.7 Å². The Kier molecular flexibility index (Phi) is 2.39. The van der Waals surface area contributed by atoms with E-state index in [1.165, 1.54) is 24.0 Å². The Morgan fingerprint density at radius 1 is 1.12 bits per heavy atom. The molecule has 0 aromatic heterocycles. The molecule has 3 unspecified atom stereocenters. The minimum atomic E-state index is -0.123. The van der Waals surface area contributed by atoms with Gasteiger partial charge in [0.05, 0.1) is 7.11 Å². The lowest BCUT2D eigenvalue weighted by atomic mass is 9.37. The molecule has 4 heteroatoms. The SMILES string of the molecule is COc1ccc2c3c1OC1C4(OC)CCC5(CC4)C(C2)NCCC315. The molecule has 1 aromatic carbocycles. The zero-order valence-corrected chi connectivity index (χ0v) is 14.5. The maximum absolute atomic E-state index is 6.75. The number of hydrogen-bond donors (Lipinski definition) is 1. The lowest BCUT2D eigenvalue weighted by molar-refractivity contribution is -0.235. The highest BCUT2D eigenvalue weighted by molar-refractivity contribution is 5.63. The molecule has 1 saturated heterocycles. The largest absolute Gasteiger partial charge is 0.493 e. The molecular weight excluding hydrogens is 302 g/mol. The van der Waals surface area contributed by atoms with Crippen LogP contribution in [0.1, 0.15) is 43.2 Å². The number of piperidine rings is 1. The molecule has 7 rings (SSSR count). The first kappa shape index (κ1) is 14.0. The van der Waals surface area contributed by atoms with E-state index in [2.05, 4.69) is 17.4 Å². The van der Waals surface area contributed by atoms with Crippen LogP contribution < -0.4 is 14.8 Å². The van der Waals surface area contributed by atoms with Crippen LogP contribution in [-0.4, -0.2) is 38.5 Å². The van der Waals surface area contributed by atoms with E-state index < -0.39 is 0 Å². The maximum atomic E-state index is 6.75. The quantitative estimate of drug-likeness (QED) is 0.906. The first-order chi connectivity index (χ1) is 11.7. The Morgan fingerprint density at radius 3 is 2.71 bits per heavy atom. The van der Waals surface area contributed by atoms with Gasteiger partial charge < -0.3 is 19.5 Å². The lowest BCUT2D eigenvalue weighted by Crippen LogP contribution is -2.78. The Labute approximate surface area is 142 Å². The summed E-state index contributed by atoms with van der Waals surface area (Å²) < 4.78 is 18.6. The number of hydrogen-bond acceptors (Lipinski definition) is 4. The predicted molar refractivity (Wildman–Crippen MR) is 89.8 cm³/mol. The van der Waals surface area contributed by atoms with Crippen molar-refractivity contribution in [3.8, 4) is 11.5 Å². The summed E-state index contributed by atoms with van der Waals surface area (Å²) in [6, 6.07) is 4.95. The minimum Gasteiger partial charge on any atom is -0.493 e. The number of nitrogens with one attached hydrogen (secondary N) is 1. The molecule has 4 fully saturated rings. The summed E-state index contributed by atoms with van der Waals surface area (Å²) in [6.07, 6.45) is 7.20. The van der Waals surface area contributed by atoms with Gasteiger partial charge in [0, 0.05) is 24.1 Å². The van der Waals surface area contributed by atoms with Crippen molar-refractivity contribution in [3.63, 3.8) is 0 Å². The van der Waals surface area contributed by atoms with Crippen molar-refractivity contribution in [3.05, 3.63) is 23.3 Å². The van der Waals surface area contributed by atoms with Gasteiger partial charge in [0.2, 0.25) is 0 Å². The maximum Gasteiger partial charge on any atom is 0.165 e. The third-order valence-corrected chi connectivity index (χ3v) is 8.32. The van der Waals surface area contributed by atoms with Gasteiger partial charge in [0.25, 0.3) is 0 Å². The fraction of sp³-hybridized carbons (Fsp3) is 0.700. The smallest absolute Gasteiger partial charge is 0.165 e. The molecule has 24 heavy (non-hydrogen) atoms. The predicted octanol–water partition coefficient (Wildman–Crippen LogP) is 2.57. The van der Waals surface area contributed by atoms with E-state index in [1.807, 2.05) is 7.11 Å². The molecule has 1 N–H and O–H groups in total. The highest BCUT2D eigenvalue weighted by Crippen LogP contribution is 2.74. The fourth-order valence-electron chi connectivity index (χ4n) is 7.39. The first-order valence-corrected chi connectivity index (χ1v) is 9.36. The van der Waals surface area contributed by atoms with E-state index in [-0.39, 0.29) is 17.1 Å². The van der Waals surface area contributed by atoms with Crippen LogP contribution in [0.3, 0.4) is 0 Å². The van der Waals surface area contributed by atoms with E-state index in [0.717, 1.165) is 43.7 Å². The van der Waals surface area contributed by atoms with Gasteiger partial charge >= 0.3 is 0 Å². The Morgan fingerprint density at radius 2 is 1.96 bits per heavy atom. The van der Waals surface area contributed by atoms with Gasteiger partial charge in [-0.25, -0.2) is 0 Å². The second kappa shape index (κ2) is 4.10. The van der Waals surface area contributed by atoms with Gasteiger partial charge in [-0.05, 0) is 62.1 Å². The van der Waals surface area contributed by atoms with E-state index in [0.29, 0.717) is 11.5 Å². The van der Waals surface area contributed by atoms with Crippen LogP contribution in [0.5, 0.6) is 11.5 Å². The highest BCUT2D eigenvalue weighted by Gasteiger charge is 2.77. The summed E-state index contributed by atoms with van der Waals surface area (Å²) in [6.45, 7) is 1.09. The monoisotopic (exact) mass is 327 g/mol. The van der Waals surface area contributed by atoms with E-state index in [9.17, 15) is 0 Å². The lowest BCUT2D eigenvalue weighted by Gasteiger charge is -2.70. The average molecular weight is 327 g/mol. The number of fused-ring (bicyclic) bond motifs is 2. The molecule has 1 aromatic rings. The summed E-state index contributed by atoms with van der Waals surface area (Å²) in [4.78, 5) is 0. The first-order valence-electron chi connectivity index (χ1n) is 9.36. The molecule has 0 amide bonds. The molecule has 3 saturated carbocycles. The molecule has 2 heterocycles. The van der Waals surface area contributed by atoms with Crippen molar-refractivity contribution in [2.24, 2.45) is 5.41 Å². The van der Waals surface area contributed by atoms with Crippen LogP contribution in [0.2, 0.25) is 0 Å².